The van der Waals surface area contributed by atoms with E-state index in [0.717, 1.165) is 0 Å². The van der Waals surface area contributed by atoms with Crippen molar-refractivity contribution in [1.82, 2.24) is 0 Å². The van der Waals surface area contributed by atoms with Crippen LogP contribution in [-0.4, -0.2) is 29.3 Å². The highest BCUT2D eigenvalue weighted by Crippen LogP contribution is 2.38. The first-order valence-electron chi connectivity index (χ1n) is 4.48. The molecule has 1 atom stereocenters. The summed E-state index contributed by atoms with van der Waals surface area (Å²) in [6.45, 7) is 0. The fraction of sp³-hybridized carbons (Fsp3) is 0.300. The molecule has 0 bridgehead atoms. The Morgan fingerprint density at radius 1 is 1.11 bits per heavy atom. The third kappa shape index (κ3) is 2.57. The van der Waals surface area contributed by atoms with Gasteiger partial charge in [0.2, 0.25) is 0 Å². The van der Waals surface area contributed by atoms with Crippen molar-refractivity contribution in [2.45, 2.75) is 18.3 Å². The van der Waals surface area contributed by atoms with Gasteiger partial charge in [0.05, 0.1) is 0 Å². The summed E-state index contributed by atoms with van der Waals surface area (Å²) >= 11 is 0. The molecule has 0 radical (unpaired) electrons. The van der Waals surface area contributed by atoms with Crippen molar-refractivity contribution in [3.8, 4) is 11.1 Å². The normalized spacial score (nSPS) is 15.5. The van der Waals surface area contributed by atoms with Crippen molar-refractivity contribution < 1.29 is 36.2 Å². The van der Waals surface area contributed by atoms with E-state index >= 15 is 0 Å². The highest BCUT2D eigenvalue weighted by Gasteiger charge is 2.69. The number of rotatable bonds is 2. The van der Waals surface area contributed by atoms with Gasteiger partial charge in [-0.05, 0) is 17.2 Å². The van der Waals surface area contributed by atoms with Crippen LogP contribution in [-0.2, 0) is 4.79 Å². The van der Waals surface area contributed by atoms with Crippen molar-refractivity contribution in [2.75, 3.05) is 0 Å². The SMILES string of the molecule is O=C(O)C(F)(C(F)F)C(F)(F)F.c1cc2cc-2c1. The molecule has 1 N–H and O–H groups in total. The molecule has 0 amide bonds. The maximum absolute atomic E-state index is 12.1. The Hall–Kier alpha value is -1.73. The van der Waals surface area contributed by atoms with Crippen LogP contribution in [0.3, 0.4) is 0 Å². The van der Waals surface area contributed by atoms with Crippen LogP contribution >= 0.6 is 0 Å². The fourth-order valence-corrected chi connectivity index (χ4v) is 1.01. The first-order chi connectivity index (χ1) is 8.10. The van der Waals surface area contributed by atoms with Crippen LogP contribution in [0.25, 0.3) is 11.1 Å². The molecule has 0 spiro atoms. The van der Waals surface area contributed by atoms with E-state index in [0.29, 0.717) is 0 Å². The van der Waals surface area contributed by atoms with Crippen molar-refractivity contribution in [2.24, 2.45) is 0 Å². The van der Waals surface area contributed by atoms with Crippen molar-refractivity contribution in [3.05, 3.63) is 24.3 Å². The molecule has 0 heterocycles. The second-order valence-electron chi connectivity index (χ2n) is 3.40. The molecule has 0 saturated heterocycles. The molecule has 0 aromatic heterocycles. The van der Waals surface area contributed by atoms with Gasteiger partial charge in [0.1, 0.15) is 0 Å². The van der Waals surface area contributed by atoms with Crippen LogP contribution < -0.4 is 0 Å². The quantitative estimate of drug-likeness (QED) is 0.852. The molecule has 0 aromatic carbocycles. The summed E-state index contributed by atoms with van der Waals surface area (Å²) in [5.41, 5.74) is -2.63. The van der Waals surface area contributed by atoms with Gasteiger partial charge in [-0.3, -0.25) is 0 Å². The molecule has 8 heteroatoms. The van der Waals surface area contributed by atoms with Crippen LogP contribution in [0.5, 0.6) is 0 Å². The average molecular weight is 272 g/mol. The summed E-state index contributed by atoms with van der Waals surface area (Å²) < 4.78 is 68.9. The summed E-state index contributed by atoms with van der Waals surface area (Å²) in [7, 11) is 0. The van der Waals surface area contributed by atoms with Gasteiger partial charge in [-0.1, -0.05) is 18.2 Å². The number of halogens is 6. The Bertz CT molecular complexity index is 439. The topological polar surface area (TPSA) is 37.3 Å². The number of benzene rings is 1. The van der Waals surface area contributed by atoms with Gasteiger partial charge in [0.25, 0.3) is 6.43 Å². The minimum absolute atomic E-state index is 1.43. The third-order valence-corrected chi connectivity index (χ3v) is 2.14. The van der Waals surface area contributed by atoms with Gasteiger partial charge in [-0.15, -0.1) is 0 Å². The van der Waals surface area contributed by atoms with Crippen molar-refractivity contribution in [1.29, 1.82) is 0 Å². The van der Waals surface area contributed by atoms with Gasteiger partial charge in [0, 0.05) is 0 Å². The van der Waals surface area contributed by atoms with Crippen LogP contribution in [0.15, 0.2) is 24.3 Å². The van der Waals surface area contributed by atoms with Crippen molar-refractivity contribution >= 4 is 5.97 Å². The van der Waals surface area contributed by atoms with Gasteiger partial charge in [0.15, 0.2) is 0 Å². The fourth-order valence-electron chi connectivity index (χ4n) is 1.01. The minimum Gasteiger partial charge on any atom is -0.478 e. The maximum Gasteiger partial charge on any atom is 0.439 e. The molecule has 2 aliphatic carbocycles. The first-order valence-corrected chi connectivity index (χ1v) is 4.48. The second-order valence-corrected chi connectivity index (χ2v) is 3.40. The number of aliphatic carboxylic acids is 1. The van der Waals surface area contributed by atoms with E-state index < -0.39 is 24.2 Å². The van der Waals surface area contributed by atoms with Gasteiger partial charge in [-0.25, -0.2) is 18.0 Å². The van der Waals surface area contributed by atoms with E-state index in [1.807, 2.05) is 0 Å². The van der Waals surface area contributed by atoms with E-state index in [-0.39, 0.29) is 0 Å². The Labute approximate surface area is 96.8 Å². The predicted molar refractivity (Wildman–Crippen MR) is 49.0 cm³/mol. The van der Waals surface area contributed by atoms with E-state index in [4.69, 9.17) is 5.11 Å². The molecule has 0 aromatic rings. The number of fused-ring (bicyclic) bond motifs is 1. The summed E-state index contributed by atoms with van der Waals surface area (Å²) in [5.74, 6) is -3.25. The zero-order valence-electron chi connectivity index (χ0n) is 8.51. The van der Waals surface area contributed by atoms with Gasteiger partial charge >= 0.3 is 17.8 Å². The number of carboxylic acids is 1. The first kappa shape index (κ1) is 14.3. The average Bonchev–Trinajstić information content (AvgIpc) is 2.83. The van der Waals surface area contributed by atoms with Crippen LogP contribution in [0.1, 0.15) is 0 Å². The molecule has 2 nitrogen and oxygen atoms in total. The maximum atomic E-state index is 12.1. The van der Waals surface area contributed by atoms with Crippen LogP contribution in [0.4, 0.5) is 26.3 Å². The Morgan fingerprint density at radius 2 is 1.56 bits per heavy atom. The minimum atomic E-state index is -6.12. The molecule has 0 aliphatic heterocycles. The lowest BCUT2D eigenvalue weighted by Gasteiger charge is -2.21. The highest BCUT2D eigenvalue weighted by atomic mass is 19.4. The van der Waals surface area contributed by atoms with Crippen LogP contribution in [0, 0.1) is 0 Å². The highest BCUT2D eigenvalue weighted by molar-refractivity contribution is 5.80. The summed E-state index contributed by atoms with van der Waals surface area (Å²) in [4.78, 5) is 9.53. The molecule has 0 saturated carbocycles. The molecule has 18 heavy (non-hydrogen) atoms. The van der Waals surface area contributed by atoms with Gasteiger partial charge in [-0.2, -0.15) is 13.2 Å². The standard InChI is InChI=1S/C6H4.C4H2F6O2/c1-2-5-4-6(5)3-1;5-1(6)3(7,2(11)12)4(8,9)10/h1-4H;1H,(H,11,12). The van der Waals surface area contributed by atoms with Crippen molar-refractivity contribution in [3.63, 3.8) is 0 Å². The summed E-state index contributed by atoms with van der Waals surface area (Å²) in [6.07, 6.45) is -10.8. The lowest BCUT2D eigenvalue weighted by atomic mass is 10.1. The summed E-state index contributed by atoms with van der Waals surface area (Å²) in [6, 6.07) is 8.48. The van der Waals surface area contributed by atoms with E-state index in [2.05, 4.69) is 24.3 Å². The van der Waals surface area contributed by atoms with E-state index in [1.165, 1.54) is 11.1 Å². The zero-order chi connectivity index (χ0) is 14.1. The largest absolute Gasteiger partial charge is 0.478 e. The lowest BCUT2D eigenvalue weighted by molar-refractivity contribution is -0.265. The number of alkyl halides is 6. The molecule has 0 fully saturated rings. The third-order valence-electron chi connectivity index (χ3n) is 2.14. The number of carboxylic acid groups (broad SMARTS) is 1. The molecule has 100 valence electrons. The zero-order valence-corrected chi connectivity index (χ0v) is 8.51. The Kier molecular flexibility index (Phi) is 3.59. The smallest absolute Gasteiger partial charge is 0.439 e. The molecule has 2 rings (SSSR count). The predicted octanol–water partition coefficient (Wildman–Crippen LogP) is 3.27. The lowest BCUT2D eigenvalue weighted by Crippen LogP contribution is -2.53. The molecule has 2 aliphatic rings. The summed E-state index contributed by atoms with van der Waals surface area (Å²) in [5, 5.41) is 7.56. The van der Waals surface area contributed by atoms with Crippen LogP contribution in [0.2, 0.25) is 0 Å². The number of hydrogen-bond acceptors (Lipinski definition) is 1. The van der Waals surface area contributed by atoms with Gasteiger partial charge < -0.3 is 5.11 Å². The Balaban J connectivity index is 0.000000217. The number of carbonyl (C=O) groups is 1. The number of hydrogen-bond donors (Lipinski definition) is 1. The molecule has 1 unspecified atom stereocenters. The van der Waals surface area contributed by atoms with E-state index in [9.17, 15) is 31.1 Å². The second kappa shape index (κ2) is 4.51. The molecular formula is C10H6F6O2. The Morgan fingerprint density at radius 3 is 1.61 bits per heavy atom. The monoisotopic (exact) mass is 272 g/mol. The van der Waals surface area contributed by atoms with E-state index in [1.54, 1.807) is 0 Å². The molecular weight excluding hydrogens is 266 g/mol.